The van der Waals surface area contributed by atoms with Crippen LogP contribution in [0.3, 0.4) is 0 Å². The van der Waals surface area contributed by atoms with Gasteiger partial charge in [-0.1, -0.05) is 18.2 Å². The van der Waals surface area contributed by atoms with Gasteiger partial charge in [0, 0.05) is 42.5 Å². The van der Waals surface area contributed by atoms with Crippen molar-refractivity contribution >= 4 is 45.7 Å². The Morgan fingerprint density at radius 1 is 1.07 bits per heavy atom. The van der Waals surface area contributed by atoms with Gasteiger partial charge in [0.05, 0.1) is 10.6 Å². The summed E-state index contributed by atoms with van der Waals surface area (Å²) in [6.07, 6.45) is -2.50. The summed E-state index contributed by atoms with van der Waals surface area (Å²) < 4.78 is 89.9. The quantitative estimate of drug-likeness (QED) is 0.251. The molecule has 0 aliphatic carbocycles. The highest BCUT2D eigenvalue weighted by atomic mass is 32.2. The molecular weight excluding hydrogens is 644 g/mol. The van der Waals surface area contributed by atoms with Crippen LogP contribution in [0.1, 0.15) is 39.2 Å². The molecule has 1 aliphatic heterocycles. The van der Waals surface area contributed by atoms with Crippen molar-refractivity contribution in [2.75, 3.05) is 31.7 Å². The van der Waals surface area contributed by atoms with Crippen molar-refractivity contribution in [3.05, 3.63) is 60.4 Å². The van der Waals surface area contributed by atoms with Crippen LogP contribution in [0.25, 0.3) is 22.3 Å². The van der Waals surface area contributed by atoms with Gasteiger partial charge in [-0.3, -0.25) is 0 Å². The summed E-state index contributed by atoms with van der Waals surface area (Å²) >= 11 is 0. The number of rotatable bonds is 6. The normalized spacial score (nSPS) is 16.4. The number of carbonyl (C=O) groups excluding carboxylic acids is 1. The Morgan fingerprint density at radius 2 is 1.76 bits per heavy atom. The summed E-state index contributed by atoms with van der Waals surface area (Å²) in [6, 6.07) is 9.79. The van der Waals surface area contributed by atoms with E-state index in [9.17, 15) is 30.9 Å². The molecule has 246 valence electrons. The minimum atomic E-state index is -4.89. The van der Waals surface area contributed by atoms with Crippen LogP contribution in [0.2, 0.25) is 0 Å². The SMILES string of the molecule is CC(C)(C)OC(=O)N1CCC[C@H](Nc2ncc(C(F)(F)F)c(-c3cn(S(=O)(=O)c4ccccc4)c4nc(P(C)(C)=O)ccc34)n2)C1. The number of anilines is 1. The lowest BCUT2D eigenvalue weighted by molar-refractivity contribution is -0.137. The molecule has 0 unspecified atom stereocenters. The van der Waals surface area contributed by atoms with Crippen LogP contribution in [0, 0.1) is 0 Å². The van der Waals surface area contributed by atoms with Crippen molar-refractivity contribution in [2.45, 2.75) is 56.3 Å². The standard InChI is InChI=1S/C30H34F3N6O5PS/c1-29(2,3)44-28(40)38-15-9-10-19(17-38)35-27-34-16-23(30(31,32)33)25(37-27)22-18-39(46(42,43)20-11-7-6-8-12-20)26-21(22)13-14-24(36-26)45(4,5)41/h6-8,11-14,16,18-19H,9-10,15,17H2,1-5H3,(H,34,35,37)/t19-/m0/s1. The predicted octanol–water partition coefficient (Wildman–Crippen LogP) is 5.81. The highest BCUT2D eigenvalue weighted by molar-refractivity contribution is 7.90. The third-order valence-electron chi connectivity index (χ3n) is 7.21. The van der Waals surface area contributed by atoms with Crippen LogP contribution >= 0.6 is 7.14 Å². The molecule has 1 amide bonds. The lowest BCUT2D eigenvalue weighted by Gasteiger charge is -2.34. The smallest absolute Gasteiger partial charge is 0.419 e. The Bertz CT molecular complexity index is 1940. The number of hydrogen-bond acceptors (Lipinski definition) is 9. The highest BCUT2D eigenvalue weighted by Gasteiger charge is 2.37. The fourth-order valence-electron chi connectivity index (χ4n) is 5.08. The first-order valence-electron chi connectivity index (χ1n) is 14.4. The highest BCUT2D eigenvalue weighted by Crippen LogP contribution is 2.41. The van der Waals surface area contributed by atoms with E-state index in [0.29, 0.717) is 25.6 Å². The molecule has 4 heterocycles. The van der Waals surface area contributed by atoms with Gasteiger partial charge in [0.15, 0.2) is 5.65 Å². The third kappa shape index (κ3) is 7.05. The molecule has 1 N–H and O–H groups in total. The second kappa shape index (κ2) is 12.0. The number of pyridine rings is 1. The molecule has 0 radical (unpaired) electrons. The van der Waals surface area contributed by atoms with Crippen LogP contribution < -0.4 is 10.8 Å². The number of nitrogens with zero attached hydrogens (tertiary/aromatic N) is 5. The maximum Gasteiger partial charge on any atom is 0.419 e. The van der Waals surface area contributed by atoms with E-state index in [-0.39, 0.29) is 39.4 Å². The van der Waals surface area contributed by atoms with E-state index in [2.05, 4.69) is 20.3 Å². The van der Waals surface area contributed by atoms with Crippen molar-refractivity contribution in [2.24, 2.45) is 0 Å². The van der Waals surface area contributed by atoms with E-state index in [1.807, 2.05) is 0 Å². The second-order valence-electron chi connectivity index (χ2n) is 12.4. The van der Waals surface area contributed by atoms with Crippen molar-refractivity contribution in [1.82, 2.24) is 23.8 Å². The molecule has 1 aliphatic rings. The fraction of sp³-hybridized carbons (Fsp3) is 0.400. The van der Waals surface area contributed by atoms with Crippen LogP contribution in [-0.2, 0) is 25.5 Å². The maximum atomic E-state index is 14.4. The number of amides is 1. The lowest BCUT2D eigenvalue weighted by Crippen LogP contribution is -2.47. The molecule has 1 aromatic carbocycles. The Balaban J connectivity index is 1.62. The monoisotopic (exact) mass is 678 g/mol. The average molecular weight is 679 g/mol. The molecule has 0 spiro atoms. The molecular formula is C30H34F3N6O5PS. The number of benzene rings is 1. The second-order valence-corrected chi connectivity index (χ2v) is 17.4. The summed E-state index contributed by atoms with van der Waals surface area (Å²) in [7, 11) is -7.34. The van der Waals surface area contributed by atoms with Crippen LogP contribution in [0.15, 0.2) is 59.8 Å². The van der Waals surface area contributed by atoms with Crippen molar-refractivity contribution in [3.8, 4) is 11.3 Å². The molecule has 5 rings (SSSR count). The maximum absolute atomic E-state index is 14.4. The Kier molecular flexibility index (Phi) is 8.71. The largest absolute Gasteiger partial charge is 0.444 e. The minimum Gasteiger partial charge on any atom is -0.444 e. The van der Waals surface area contributed by atoms with E-state index in [4.69, 9.17) is 4.74 Å². The molecule has 11 nitrogen and oxygen atoms in total. The molecule has 1 atom stereocenters. The van der Waals surface area contributed by atoms with Crippen LogP contribution in [0.4, 0.5) is 23.9 Å². The van der Waals surface area contributed by atoms with Gasteiger partial charge >= 0.3 is 12.3 Å². The molecule has 4 aromatic rings. The molecule has 16 heteroatoms. The lowest BCUT2D eigenvalue weighted by atomic mass is 10.1. The van der Waals surface area contributed by atoms with Gasteiger partial charge < -0.3 is 19.5 Å². The summed E-state index contributed by atoms with van der Waals surface area (Å²) in [5, 5.41) is 3.10. The Hall–Kier alpha value is -3.97. The summed E-state index contributed by atoms with van der Waals surface area (Å²) in [6.45, 7) is 8.85. The number of aromatic nitrogens is 4. The molecule has 46 heavy (non-hydrogen) atoms. The van der Waals surface area contributed by atoms with Crippen molar-refractivity contribution in [3.63, 3.8) is 0 Å². The van der Waals surface area contributed by atoms with Gasteiger partial charge in [0.1, 0.15) is 23.7 Å². The van der Waals surface area contributed by atoms with Gasteiger partial charge in [-0.25, -0.2) is 32.1 Å². The number of likely N-dealkylation sites (tertiary alicyclic amines) is 1. The molecule has 1 saturated heterocycles. The first-order valence-corrected chi connectivity index (χ1v) is 18.5. The van der Waals surface area contributed by atoms with Crippen LogP contribution in [0.5, 0.6) is 0 Å². The van der Waals surface area contributed by atoms with Crippen molar-refractivity contribution in [1.29, 1.82) is 0 Å². The third-order valence-corrected chi connectivity index (χ3v) is 10.2. The molecule has 0 bridgehead atoms. The molecule has 1 fully saturated rings. The van der Waals surface area contributed by atoms with Gasteiger partial charge in [-0.05, 0) is 71.2 Å². The number of nitrogens with one attached hydrogen (secondary N) is 1. The fourth-order valence-corrected chi connectivity index (χ4v) is 7.18. The van der Waals surface area contributed by atoms with Gasteiger partial charge in [0.25, 0.3) is 10.0 Å². The topological polar surface area (TPSA) is 136 Å². The summed E-state index contributed by atoms with van der Waals surface area (Å²) in [5.41, 5.74) is -2.69. The summed E-state index contributed by atoms with van der Waals surface area (Å²) in [5.74, 6) is -0.137. The van der Waals surface area contributed by atoms with E-state index >= 15 is 0 Å². The number of fused-ring (bicyclic) bond motifs is 1. The van der Waals surface area contributed by atoms with Gasteiger partial charge in [-0.2, -0.15) is 13.2 Å². The number of alkyl halides is 3. The van der Waals surface area contributed by atoms with E-state index in [0.717, 1.165) is 10.2 Å². The number of hydrogen-bond donors (Lipinski definition) is 1. The van der Waals surface area contributed by atoms with E-state index in [1.165, 1.54) is 54.6 Å². The number of piperidine rings is 1. The first kappa shape index (κ1) is 33.4. The first-order chi connectivity index (χ1) is 21.3. The zero-order chi connectivity index (χ0) is 33.7. The number of carbonyl (C=O) groups is 1. The molecule has 0 saturated carbocycles. The van der Waals surface area contributed by atoms with Crippen LogP contribution in [-0.4, -0.2) is 76.4 Å². The Labute approximate surface area is 264 Å². The van der Waals surface area contributed by atoms with Gasteiger partial charge in [0.2, 0.25) is 5.95 Å². The molecule has 3 aromatic heterocycles. The number of ether oxygens (including phenoxy) is 1. The Morgan fingerprint density at radius 3 is 2.39 bits per heavy atom. The van der Waals surface area contributed by atoms with Crippen molar-refractivity contribution < 1.29 is 35.7 Å². The zero-order valence-electron chi connectivity index (χ0n) is 25.9. The summed E-state index contributed by atoms with van der Waals surface area (Å²) in [4.78, 5) is 26.6. The van der Waals surface area contributed by atoms with E-state index in [1.54, 1.807) is 26.8 Å². The average Bonchev–Trinajstić information content (AvgIpc) is 3.36. The number of halogens is 3. The predicted molar refractivity (Wildman–Crippen MR) is 168 cm³/mol. The zero-order valence-corrected chi connectivity index (χ0v) is 27.6. The van der Waals surface area contributed by atoms with Gasteiger partial charge in [-0.15, -0.1) is 0 Å². The minimum absolute atomic E-state index is 0.0561. The van der Waals surface area contributed by atoms with E-state index < -0.39 is 52.3 Å².